The number of hydrogen-bond donors (Lipinski definition) is 1. The van der Waals surface area contributed by atoms with Crippen molar-refractivity contribution in [2.75, 3.05) is 19.8 Å². The maximum Gasteiger partial charge on any atom is 0.191 e. The van der Waals surface area contributed by atoms with E-state index in [0.29, 0.717) is 19.0 Å². The molecule has 1 aromatic carbocycles. The molecule has 0 saturated carbocycles. The van der Waals surface area contributed by atoms with E-state index in [1.807, 2.05) is 32.0 Å². The first-order valence-electron chi connectivity index (χ1n) is 5.97. The Morgan fingerprint density at radius 1 is 1.22 bits per heavy atom. The summed E-state index contributed by atoms with van der Waals surface area (Å²) in [6, 6.07) is 5.53. The molecule has 0 unspecified atom stereocenters. The van der Waals surface area contributed by atoms with Crippen LogP contribution in [0.25, 0.3) is 0 Å². The highest BCUT2D eigenvalue weighted by Gasteiger charge is 2.12. The van der Waals surface area contributed by atoms with Gasteiger partial charge >= 0.3 is 0 Å². The summed E-state index contributed by atoms with van der Waals surface area (Å²) in [5.41, 5.74) is 0.733. The molecule has 0 spiro atoms. The molecule has 0 fully saturated rings. The molecule has 0 radical (unpaired) electrons. The van der Waals surface area contributed by atoms with E-state index in [4.69, 9.17) is 14.2 Å². The second kappa shape index (κ2) is 8.48. The molecule has 0 aliphatic rings. The Kier molecular flexibility index (Phi) is 7.27. The van der Waals surface area contributed by atoms with Crippen LogP contribution in [0.1, 0.15) is 19.4 Å². The number of hydrogen-bond acceptors (Lipinski definition) is 4. The van der Waals surface area contributed by atoms with Gasteiger partial charge in [0.2, 0.25) is 0 Å². The van der Waals surface area contributed by atoms with Crippen LogP contribution in [-0.4, -0.2) is 31.2 Å². The number of aliphatic hydroxyl groups is 1. The van der Waals surface area contributed by atoms with Gasteiger partial charge in [0.05, 0.1) is 11.1 Å². The third-order valence-corrected chi connectivity index (χ3v) is 2.91. The highest BCUT2D eigenvalue weighted by molar-refractivity contribution is 9.10. The van der Waals surface area contributed by atoms with Gasteiger partial charge in [-0.15, -0.1) is 0 Å². The van der Waals surface area contributed by atoms with E-state index in [1.54, 1.807) is 0 Å². The number of benzene rings is 1. The molecule has 18 heavy (non-hydrogen) atoms. The molecule has 0 saturated heterocycles. The molecule has 0 atom stereocenters. The Morgan fingerprint density at radius 3 is 2.44 bits per heavy atom. The van der Waals surface area contributed by atoms with Crippen molar-refractivity contribution in [3.8, 4) is 5.75 Å². The monoisotopic (exact) mass is 318 g/mol. The molecular weight excluding hydrogens is 300 g/mol. The van der Waals surface area contributed by atoms with Gasteiger partial charge in [0, 0.05) is 18.8 Å². The highest BCUT2D eigenvalue weighted by atomic mass is 79.9. The highest BCUT2D eigenvalue weighted by Crippen LogP contribution is 2.29. The van der Waals surface area contributed by atoms with E-state index >= 15 is 0 Å². The zero-order valence-corrected chi connectivity index (χ0v) is 12.3. The summed E-state index contributed by atoms with van der Waals surface area (Å²) in [7, 11) is 0. The smallest absolute Gasteiger partial charge is 0.191 e. The lowest BCUT2D eigenvalue weighted by atomic mass is 10.2. The molecular formula is C13H19BrO4. The van der Waals surface area contributed by atoms with Crippen molar-refractivity contribution in [3.05, 3.63) is 28.2 Å². The van der Waals surface area contributed by atoms with E-state index in [0.717, 1.165) is 10.0 Å². The standard InChI is InChI=1S/C13H19BrO4/c1-3-16-12(17-4-2)9-18-13-10(8-15)6-5-7-11(13)14/h5-7,12,15H,3-4,8-9H2,1-2H3. The molecule has 1 N–H and O–H groups in total. The molecule has 4 nitrogen and oxygen atoms in total. The minimum absolute atomic E-state index is 0.0668. The quantitative estimate of drug-likeness (QED) is 0.749. The summed E-state index contributed by atoms with van der Waals surface area (Å²) in [5, 5.41) is 9.25. The lowest BCUT2D eigenvalue weighted by molar-refractivity contribution is -0.152. The average molecular weight is 319 g/mol. The fourth-order valence-corrected chi connectivity index (χ4v) is 2.03. The first-order valence-corrected chi connectivity index (χ1v) is 6.76. The summed E-state index contributed by atoms with van der Waals surface area (Å²) in [5.74, 6) is 0.629. The minimum atomic E-state index is -0.390. The number of rotatable bonds is 8. The molecule has 0 aromatic heterocycles. The van der Waals surface area contributed by atoms with Crippen LogP contribution in [0.3, 0.4) is 0 Å². The summed E-state index contributed by atoms with van der Waals surface area (Å²) >= 11 is 3.40. The normalized spacial score (nSPS) is 10.9. The van der Waals surface area contributed by atoms with Crippen LogP contribution in [-0.2, 0) is 16.1 Å². The molecule has 0 bridgehead atoms. The summed E-state index contributed by atoms with van der Waals surface area (Å²) in [6.45, 7) is 5.17. The van der Waals surface area contributed by atoms with Gasteiger partial charge < -0.3 is 19.3 Å². The van der Waals surface area contributed by atoms with E-state index in [-0.39, 0.29) is 13.2 Å². The third-order valence-electron chi connectivity index (χ3n) is 2.29. The summed E-state index contributed by atoms with van der Waals surface area (Å²) < 4.78 is 17.3. The largest absolute Gasteiger partial charge is 0.487 e. The maximum atomic E-state index is 9.25. The van der Waals surface area contributed by atoms with E-state index in [9.17, 15) is 5.11 Å². The minimum Gasteiger partial charge on any atom is -0.487 e. The van der Waals surface area contributed by atoms with Crippen LogP contribution in [0.2, 0.25) is 0 Å². The van der Waals surface area contributed by atoms with Crippen molar-refractivity contribution < 1.29 is 19.3 Å². The summed E-state index contributed by atoms with van der Waals surface area (Å²) in [4.78, 5) is 0. The van der Waals surface area contributed by atoms with E-state index in [2.05, 4.69) is 15.9 Å². The number of para-hydroxylation sites is 1. The fourth-order valence-electron chi connectivity index (χ4n) is 1.51. The molecule has 0 aliphatic heterocycles. The van der Waals surface area contributed by atoms with Gasteiger partial charge in [-0.05, 0) is 35.8 Å². The van der Waals surface area contributed by atoms with Crippen LogP contribution in [0.4, 0.5) is 0 Å². The van der Waals surface area contributed by atoms with Gasteiger partial charge in [-0.1, -0.05) is 12.1 Å². The van der Waals surface area contributed by atoms with Crippen molar-refractivity contribution in [2.24, 2.45) is 0 Å². The molecule has 0 amide bonds. The SMILES string of the molecule is CCOC(COc1c(Br)cccc1CO)OCC. The van der Waals surface area contributed by atoms with Crippen LogP contribution in [0, 0.1) is 0 Å². The van der Waals surface area contributed by atoms with E-state index < -0.39 is 6.29 Å². The van der Waals surface area contributed by atoms with Crippen molar-refractivity contribution in [2.45, 2.75) is 26.7 Å². The van der Waals surface area contributed by atoms with Crippen LogP contribution in [0.5, 0.6) is 5.75 Å². The van der Waals surface area contributed by atoms with Crippen molar-refractivity contribution in [1.29, 1.82) is 0 Å². The molecule has 1 aromatic rings. The second-order valence-electron chi connectivity index (χ2n) is 3.54. The zero-order valence-electron chi connectivity index (χ0n) is 10.7. The van der Waals surface area contributed by atoms with E-state index in [1.165, 1.54) is 0 Å². The Hall–Kier alpha value is -0.620. The Balaban J connectivity index is 2.66. The third kappa shape index (κ3) is 4.57. The first kappa shape index (κ1) is 15.4. The van der Waals surface area contributed by atoms with Gasteiger partial charge in [0.25, 0.3) is 0 Å². The Bertz CT molecular complexity index is 351. The predicted octanol–water partition coefficient (Wildman–Crippen LogP) is 2.72. The second-order valence-corrected chi connectivity index (χ2v) is 4.39. The lowest BCUT2D eigenvalue weighted by Crippen LogP contribution is -2.25. The average Bonchev–Trinajstić information content (AvgIpc) is 2.37. The van der Waals surface area contributed by atoms with Gasteiger partial charge in [0.1, 0.15) is 12.4 Å². The van der Waals surface area contributed by atoms with Gasteiger partial charge in [0.15, 0.2) is 6.29 Å². The van der Waals surface area contributed by atoms with Crippen molar-refractivity contribution >= 4 is 15.9 Å². The number of aliphatic hydroxyl groups excluding tert-OH is 1. The van der Waals surface area contributed by atoms with Gasteiger partial charge in [-0.25, -0.2) is 0 Å². The van der Waals surface area contributed by atoms with Gasteiger partial charge in [-0.2, -0.15) is 0 Å². The molecule has 5 heteroatoms. The van der Waals surface area contributed by atoms with Gasteiger partial charge in [-0.3, -0.25) is 0 Å². The zero-order chi connectivity index (χ0) is 13.4. The number of ether oxygens (including phenoxy) is 3. The topological polar surface area (TPSA) is 47.9 Å². The van der Waals surface area contributed by atoms with Crippen molar-refractivity contribution in [3.63, 3.8) is 0 Å². The van der Waals surface area contributed by atoms with Crippen LogP contribution < -0.4 is 4.74 Å². The number of halogens is 1. The molecule has 102 valence electrons. The molecule has 0 heterocycles. The Labute approximate surface area is 116 Å². The molecule has 1 rings (SSSR count). The fraction of sp³-hybridized carbons (Fsp3) is 0.538. The Morgan fingerprint density at radius 2 is 1.89 bits per heavy atom. The van der Waals surface area contributed by atoms with Crippen molar-refractivity contribution in [1.82, 2.24) is 0 Å². The lowest BCUT2D eigenvalue weighted by Gasteiger charge is -2.19. The first-order chi connectivity index (χ1) is 8.72. The maximum absolute atomic E-state index is 9.25. The molecule has 0 aliphatic carbocycles. The van der Waals surface area contributed by atoms with Crippen LogP contribution >= 0.6 is 15.9 Å². The van der Waals surface area contributed by atoms with Crippen LogP contribution in [0.15, 0.2) is 22.7 Å². The predicted molar refractivity (Wildman–Crippen MR) is 72.6 cm³/mol. The summed E-state index contributed by atoms with van der Waals surface area (Å²) in [6.07, 6.45) is -0.390.